The van der Waals surface area contributed by atoms with E-state index in [1.165, 1.54) is 0 Å². The van der Waals surface area contributed by atoms with Crippen molar-refractivity contribution in [3.8, 4) is 0 Å². The van der Waals surface area contributed by atoms with Gasteiger partial charge >= 0.3 is 6.09 Å². The highest BCUT2D eigenvalue weighted by Crippen LogP contribution is 2.28. The molecule has 25 heavy (non-hydrogen) atoms. The van der Waals surface area contributed by atoms with Crippen molar-refractivity contribution in [1.29, 1.82) is 0 Å². The first-order chi connectivity index (χ1) is 11.7. The second-order valence-electron chi connectivity index (χ2n) is 5.97. The molecule has 2 amide bonds. The molecule has 0 radical (unpaired) electrons. The fraction of sp³-hybridized carbons (Fsp3) is 0.812. The molecule has 9 heteroatoms. The maximum absolute atomic E-state index is 11.7. The molecular formula is C16H30IN5O3. The van der Waals surface area contributed by atoms with E-state index in [0.29, 0.717) is 32.8 Å². The third-order valence-corrected chi connectivity index (χ3v) is 4.06. The Kier molecular flexibility index (Phi) is 9.91. The Morgan fingerprint density at radius 1 is 1.08 bits per heavy atom. The summed E-state index contributed by atoms with van der Waals surface area (Å²) in [5.41, 5.74) is 0. The molecule has 1 saturated carbocycles. The van der Waals surface area contributed by atoms with Gasteiger partial charge in [0.1, 0.15) is 0 Å². The molecule has 0 aromatic carbocycles. The van der Waals surface area contributed by atoms with E-state index in [-0.39, 0.29) is 41.9 Å². The number of nitrogens with zero attached hydrogens (tertiary/aromatic N) is 3. The van der Waals surface area contributed by atoms with Gasteiger partial charge in [0, 0.05) is 45.2 Å². The second kappa shape index (κ2) is 11.4. The van der Waals surface area contributed by atoms with Gasteiger partial charge in [-0.15, -0.1) is 24.0 Å². The molecule has 0 aromatic heterocycles. The minimum atomic E-state index is -0.248. The third kappa shape index (κ3) is 7.25. The number of ether oxygens (including phenoxy) is 1. The largest absolute Gasteiger partial charge is 0.450 e. The summed E-state index contributed by atoms with van der Waals surface area (Å²) in [5.74, 6) is 1.22. The highest BCUT2D eigenvalue weighted by atomic mass is 127. The number of amides is 2. The van der Waals surface area contributed by atoms with E-state index in [2.05, 4.69) is 20.5 Å². The van der Waals surface area contributed by atoms with Crippen molar-refractivity contribution in [3.63, 3.8) is 0 Å². The van der Waals surface area contributed by atoms with Gasteiger partial charge in [-0.1, -0.05) is 0 Å². The number of aliphatic imine (C=N–C) groups is 1. The van der Waals surface area contributed by atoms with Gasteiger partial charge in [0.05, 0.1) is 13.2 Å². The van der Waals surface area contributed by atoms with Gasteiger partial charge in [0.15, 0.2) is 5.96 Å². The van der Waals surface area contributed by atoms with Gasteiger partial charge in [-0.3, -0.25) is 9.79 Å². The molecule has 0 aromatic rings. The number of hydrogen-bond donors (Lipinski definition) is 2. The van der Waals surface area contributed by atoms with E-state index >= 15 is 0 Å². The zero-order chi connectivity index (χ0) is 17.4. The van der Waals surface area contributed by atoms with Gasteiger partial charge in [-0.05, 0) is 26.7 Å². The fourth-order valence-corrected chi connectivity index (χ4v) is 2.57. The quantitative estimate of drug-likeness (QED) is 0.262. The summed E-state index contributed by atoms with van der Waals surface area (Å²) in [5, 5.41) is 6.19. The van der Waals surface area contributed by atoms with E-state index < -0.39 is 0 Å². The topological polar surface area (TPSA) is 86.3 Å². The van der Waals surface area contributed by atoms with Crippen LogP contribution in [0.5, 0.6) is 0 Å². The average molecular weight is 467 g/mol. The molecule has 2 aliphatic rings. The van der Waals surface area contributed by atoms with Crippen LogP contribution in [0.2, 0.25) is 0 Å². The van der Waals surface area contributed by atoms with Gasteiger partial charge in [-0.25, -0.2) is 4.79 Å². The lowest BCUT2D eigenvalue weighted by Crippen LogP contribution is -2.54. The van der Waals surface area contributed by atoms with Crippen LogP contribution in [0.1, 0.15) is 26.7 Å². The minimum Gasteiger partial charge on any atom is -0.450 e. The molecule has 0 unspecified atom stereocenters. The van der Waals surface area contributed by atoms with Crippen molar-refractivity contribution < 1.29 is 14.3 Å². The lowest BCUT2D eigenvalue weighted by atomic mass is 10.3. The predicted octanol–water partition coefficient (Wildman–Crippen LogP) is 0.870. The van der Waals surface area contributed by atoms with Gasteiger partial charge in [0.25, 0.3) is 0 Å². The molecule has 1 aliphatic carbocycles. The number of piperazine rings is 1. The molecule has 1 aliphatic heterocycles. The number of carbonyl (C=O) groups is 2. The Bertz CT molecular complexity index is 463. The van der Waals surface area contributed by atoms with Crippen LogP contribution in [0.15, 0.2) is 4.99 Å². The first kappa shape index (κ1) is 21.8. The molecule has 144 valence electrons. The van der Waals surface area contributed by atoms with E-state index in [1.807, 2.05) is 13.8 Å². The third-order valence-electron chi connectivity index (χ3n) is 4.06. The molecular weight excluding hydrogens is 437 g/mol. The molecule has 8 nitrogen and oxygen atoms in total. The summed E-state index contributed by atoms with van der Waals surface area (Å²) in [4.78, 5) is 31.8. The average Bonchev–Trinajstić information content (AvgIpc) is 3.43. The Morgan fingerprint density at radius 2 is 1.72 bits per heavy atom. The zero-order valence-electron chi connectivity index (χ0n) is 15.1. The maximum atomic E-state index is 11.7. The second-order valence-corrected chi connectivity index (χ2v) is 5.97. The number of nitrogens with one attached hydrogen (secondary N) is 2. The fourth-order valence-electron chi connectivity index (χ4n) is 2.57. The zero-order valence-corrected chi connectivity index (χ0v) is 17.5. The van der Waals surface area contributed by atoms with Crippen molar-refractivity contribution in [2.75, 3.05) is 52.4 Å². The molecule has 2 rings (SSSR count). The highest BCUT2D eigenvalue weighted by Gasteiger charge is 2.29. The first-order valence-electron chi connectivity index (χ1n) is 8.88. The lowest BCUT2D eigenvalue weighted by molar-refractivity contribution is -0.122. The number of hydrogen-bond acceptors (Lipinski definition) is 4. The molecule has 1 heterocycles. The van der Waals surface area contributed by atoms with Crippen molar-refractivity contribution in [1.82, 2.24) is 20.4 Å². The smallest absolute Gasteiger partial charge is 0.409 e. The van der Waals surface area contributed by atoms with Crippen LogP contribution in [-0.2, 0) is 9.53 Å². The first-order valence-corrected chi connectivity index (χ1v) is 8.88. The number of guanidine groups is 1. The molecule has 2 fully saturated rings. The molecule has 0 bridgehead atoms. The van der Waals surface area contributed by atoms with Gasteiger partial charge in [-0.2, -0.15) is 0 Å². The number of carbonyl (C=O) groups excluding carboxylic acids is 2. The standard InChI is InChI=1S/C16H29N5O3.HI/c1-3-17-15(19-8-7-18-14(22)13-5-6-13)20-9-11-21(12-10-20)16(23)24-4-2;/h13H,3-12H2,1-2H3,(H,17,19)(H,18,22);1H. The Hall–Kier alpha value is -1.26. The van der Waals surface area contributed by atoms with Crippen LogP contribution in [0.25, 0.3) is 0 Å². The number of rotatable bonds is 6. The summed E-state index contributed by atoms with van der Waals surface area (Å²) >= 11 is 0. The van der Waals surface area contributed by atoms with Crippen LogP contribution >= 0.6 is 24.0 Å². The van der Waals surface area contributed by atoms with Crippen molar-refractivity contribution in [2.45, 2.75) is 26.7 Å². The van der Waals surface area contributed by atoms with Crippen molar-refractivity contribution in [3.05, 3.63) is 0 Å². The van der Waals surface area contributed by atoms with E-state index in [4.69, 9.17) is 4.74 Å². The Balaban J connectivity index is 0.00000312. The highest BCUT2D eigenvalue weighted by molar-refractivity contribution is 14.0. The van der Waals surface area contributed by atoms with Crippen LogP contribution in [0, 0.1) is 5.92 Å². The van der Waals surface area contributed by atoms with Gasteiger partial charge in [0.2, 0.25) is 5.91 Å². The summed E-state index contributed by atoms with van der Waals surface area (Å²) in [7, 11) is 0. The Morgan fingerprint density at radius 3 is 2.28 bits per heavy atom. The summed E-state index contributed by atoms with van der Waals surface area (Å²) < 4.78 is 5.03. The van der Waals surface area contributed by atoms with Gasteiger partial charge < -0.3 is 25.2 Å². The monoisotopic (exact) mass is 467 g/mol. The van der Waals surface area contributed by atoms with Crippen LogP contribution in [0.4, 0.5) is 4.79 Å². The molecule has 2 N–H and O–H groups in total. The minimum absolute atomic E-state index is 0. The van der Waals surface area contributed by atoms with Crippen molar-refractivity contribution >= 4 is 41.9 Å². The lowest BCUT2D eigenvalue weighted by Gasteiger charge is -2.35. The molecule has 0 spiro atoms. The van der Waals surface area contributed by atoms with E-state index in [0.717, 1.165) is 38.4 Å². The normalized spacial score (nSPS) is 17.6. The van der Waals surface area contributed by atoms with E-state index in [9.17, 15) is 9.59 Å². The van der Waals surface area contributed by atoms with Crippen LogP contribution < -0.4 is 10.6 Å². The summed E-state index contributed by atoms with van der Waals surface area (Å²) in [6.07, 6.45) is 1.78. The SMILES string of the molecule is CCNC(=NCCNC(=O)C1CC1)N1CCN(C(=O)OCC)CC1.I. The predicted molar refractivity (Wildman–Crippen MR) is 107 cm³/mol. The Labute approximate surface area is 166 Å². The van der Waals surface area contributed by atoms with E-state index in [1.54, 1.807) is 4.90 Å². The maximum Gasteiger partial charge on any atom is 0.409 e. The molecule has 0 atom stereocenters. The molecule has 1 saturated heterocycles. The van der Waals surface area contributed by atoms with Crippen LogP contribution in [0.3, 0.4) is 0 Å². The van der Waals surface area contributed by atoms with Crippen molar-refractivity contribution in [2.24, 2.45) is 10.9 Å². The summed E-state index contributed by atoms with van der Waals surface area (Å²) in [6, 6.07) is 0. The summed E-state index contributed by atoms with van der Waals surface area (Å²) in [6.45, 7) is 8.83. The van der Waals surface area contributed by atoms with Crippen LogP contribution in [-0.4, -0.2) is 80.2 Å². The number of halogens is 1.